The van der Waals surface area contributed by atoms with Gasteiger partial charge in [-0.2, -0.15) is 0 Å². The topological polar surface area (TPSA) is 68.2 Å². The van der Waals surface area contributed by atoms with Crippen molar-refractivity contribution in [2.75, 3.05) is 7.11 Å². The average molecular weight is 350 g/mol. The van der Waals surface area contributed by atoms with Crippen molar-refractivity contribution in [3.05, 3.63) is 83.9 Å². The molecule has 0 aliphatic heterocycles. The fourth-order valence-electron chi connectivity index (χ4n) is 2.71. The van der Waals surface area contributed by atoms with Crippen LogP contribution < -0.4 is 15.4 Å². The molecule has 3 aromatic rings. The molecule has 6 heteroatoms. The van der Waals surface area contributed by atoms with Crippen LogP contribution in [-0.4, -0.2) is 22.7 Å². The lowest BCUT2D eigenvalue weighted by Gasteiger charge is -2.20. The zero-order valence-corrected chi connectivity index (χ0v) is 14.8. The molecule has 0 fully saturated rings. The second-order valence-corrected chi connectivity index (χ2v) is 5.92. The Bertz CT molecular complexity index is 844. The minimum absolute atomic E-state index is 0.252. The molecule has 0 aliphatic rings. The highest BCUT2D eigenvalue weighted by atomic mass is 16.5. The summed E-state index contributed by atoms with van der Waals surface area (Å²) in [4.78, 5) is 16.8. The number of aryl methyl sites for hydroxylation is 1. The smallest absolute Gasteiger partial charge is 0.315 e. The summed E-state index contributed by atoms with van der Waals surface area (Å²) < 4.78 is 7.11. The third kappa shape index (κ3) is 4.22. The van der Waals surface area contributed by atoms with E-state index < -0.39 is 0 Å². The number of ether oxygens (including phenoxy) is 1. The molecule has 0 radical (unpaired) electrons. The van der Waals surface area contributed by atoms with Crippen LogP contribution in [0.25, 0.3) is 0 Å². The van der Waals surface area contributed by atoms with Crippen molar-refractivity contribution in [3.8, 4) is 5.75 Å². The molecule has 0 bridgehead atoms. The molecular formula is C20H22N4O2. The first-order chi connectivity index (χ1) is 12.7. The van der Waals surface area contributed by atoms with Crippen LogP contribution in [0.4, 0.5) is 4.79 Å². The van der Waals surface area contributed by atoms with Crippen LogP contribution in [0, 0.1) is 0 Å². The molecule has 0 saturated carbocycles. The van der Waals surface area contributed by atoms with Crippen molar-refractivity contribution in [3.63, 3.8) is 0 Å². The van der Waals surface area contributed by atoms with Crippen molar-refractivity contribution < 1.29 is 9.53 Å². The zero-order valence-electron chi connectivity index (χ0n) is 14.8. The van der Waals surface area contributed by atoms with Crippen LogP contribution in [0.15, 0.2) is 67.0 Å². The Labute approximate surface area is 152 Å². The molecule has 3 rings (SSSR count). The second kappa shape index (κ2) is 8.20. The quantitative estimate of drug-likeness (QED) is 0.718. The van der Waals surface area contributed by atoms with Gasteiger partial charge in [0.15, 0.2) is 0 Å². The van der Waals surface area contributed by atoms with Crippen molar-refractivity contribution in [1.29, 1.82) is 0 Å². The molecule has 1 unspecified atom stereocenters. The van der Waals surface area contributed by atoms with E-state index in [1.54, 1.807) is 13.3 Å². The van der Waals surface area contributed by atoms with E-state index in [0.717, 1.165) is 22.7 Å². The van der Waals surface area contributed by atoms with Crippen molar-refractivity contribution >= 4 is 6.03 Å². The highest BCUT2D eigenvalue weighted by molar-refractivity contribution is 5.74. The van der Waals surface area contributed by atoms with E-state index >= 15 is 0 Å². The third-order valence-corrected chi connectivity index (χ3v) is 4.14. The number of methoxy groups -OCH3 is 1. The highest BCUT2D eigenvalue weighted by Gasteiger charge is 2.20. The van der Waals surface area contributed by atoms with Gasteiger partial charge in [-0.3, -0.25) is 0 Å². The number of rotatable bonds is 6. The molecule has 2 aromatic carbocycles. The number of carbonyl (C=O) groups is 1. The fraction of sp³-hybridized carbons (Fsp3) is 0.200. The lowest BCUT2D eigenvalue weighted by atomic mass is 10.1. The minimum atomic E-state index is -0.364. The van der Waals surface area contributed by atoms with Gasteiger partial charge < -0.3 is 19.9 Å². The Morgan fingerprint density at radius 3 is 2.50 bits per heavy atom. The Morgan fingerprint density at radius 2 is 1.88 bits per heavy atom. The maximum atomic E-state index is 12.4. The van der Waals surface area contributed by atoms with E-state index in [4.69, 9.17) is 4.74 Å². The molecule has 1 atom stereocenters. The van der Waals surface area contributed by atoms with E-state index in [-0.39, 0.29) is 12.1 Å². The number of urea groups is 1. The summed E-state index contributed by atoms with van der Waals surface area (Å²) in [6, 6.07) is 16.8. The minimum Gasteiger partial charge on any atom is -0.497 e. The van der Waals surface area contributed by atoms with E-state index in [2.05, 4.69) is 15.6 Å². The van der Waals surface area contributed by atoms with Crippen molar-refractivity contribution in [2.45, 2.75) is 12.6 Å². The number of hydrogen-bond donors (Lipinski definition) is 2. The van der Waals surface area contributed by atoms with Crippen molar-refractivity contribution in [2.24, 2.45) is 7.05 Å². The van der Waals surface area contributed by atoms with Gasteiger partial charge in [0, 0.05) is 26.0 Å². The largest absolute Gasteiger partial charge is 0.497 e. The van der Waals surface area contributed by atoms with Gasteiger partial charge in [0.2, 0.25) is 0 Å². The Kier molecular flexibility index (Phi) is 5.53. The first-order valence-electron chi connectivity index (χ1n) is 8.37. The van der Waals surface area contributed by atoms with Gasteiger partial charge in [0.1, 0.15) is 17.6 Å². The van der Waals surface area contributed by atoms with E-state index in [9.17, 15) is 4.79 Å². The molecule has 1 aromatic heterocycles. The van der Waals surface area contributed by atoms with Crippen LogP contribution in [-0.2, 0) is 13.6 Å². The summed E-state index contributed by atoms with van der Waals surface area (Å²) in [6.07, 6.45) is 3.57. The standard InChI is InChI=1S/C20H22N4O2/c1-24-13-12-21-19(24)18(16-8-10-17(26-2)11-9-16)23-20(25)22-14-15-6-4-3-5-7-15/h3-13,18H,14H2,1-2H3,(H2,22,23,25). The molecule has 6 nitrogen and oxygen atoms in total. The fourth-order valence-corrected chi connectivity index (χ4v) is 2.71. The SMILES string of the molecule is COc1ccc(C(NC(=O)NCc2ccccc2)c2nccn2C)cc1. The van der Waals surface area contributed by atoms with Crippen molar-refractivity contribution in [1.82, 2.24) is 20.2 Å². The number of benzene rings is 2. The lowest BCUT2D eigenvalue weighted by molar-refractivity contribution is 0.237. The third-order valence-electron chi connectivity index (χ3n) is 4.14. The Hall–Kier alpha value is -3.28. The average Bonchev–Trinajstić information content (AvgIpc) is 3.11. The number of carbonyl (C=O) groups excluding carboxylic acids is 1. The summed E-state index contributed by atoms with van der Waals surface area (Å²) in [6.45, 7) is 0.461. The normalized spacial score (nSPS) is 11.6. The second-order valence-electron chi connectivity index (χ2n) is 5.92. The van der Waals surface area contributed by atoms with E-state index in [1.807, 2.05) is 72.4 Å². The number of nitrogens with one attached hydrogen (secondary N) is 2. The molecular weight excluding hydrogens is 328 g/mol. The molecule has 0 spiro atoms. The zero-order chi connectivity index (χ0) is 18.4. The van der Waals surface area contributed by atoms with Gasteiger partial charge >= 0.3 is 6.03 Å². The van der Waals surface area contributed by atoms with Gasteiger partial charge in [-0.15, -0.1) is 0 Å². The van der Waals surface area contributed by atoms with Crippen LogP contribution >= 0.6 is 0 Å². The van der Waals surface area contributed by atoms with Crippen LogP contribution in [0.3, 0.4) is 0 Å². The first kappa shape index (κ1) is 17.5. The predicted molar refractivity (Wildman–Crippen MR) is 99.9 cm³/mol. The molecule has 2 amide bonds. The molecule has 0 aliphatic carbocycles. The van der Waals surface area contributed by atoms with Gasteiger partial charge in [-0.1, -0.05) is 42.5 Å². The Morgan fingerprint density at radius 1 is 1.15 bits per heavy atom. The number of amides is 2. The van der Waals surface area contributed by atoms with Gasteiger partial charge in [-0.05, 0) is 23.3 Å². The molecule has 2 N–H and O–H groups in total. The summed E-state index contributed by atoms with van der Waals surface area (Å²) in [5.74, 6) is 1.52. The molecule has 134 valence electrons. The molecule has 1 heterocycles. The molecule has 0 saturated heterocycles. The van der Waals surface area contributed by atoms with Gasteiger partial charge in [0.05, 0.1) is 7.11 Å². The molecule has 26 heavy (non-hydrogen) atoms. The number of hydrogen-bond acceptors (Lipinski definition) is 3. The van der Waals surface area contributed by atoms with Crippen LogP contribution in [0.1, 0.15) is 23.0 Å². The van der Waals surface area contributed by atoms with Gasteiger partial charge in [-0.25, -0.2) is 9.78 Å². The highest BCUT2D eigenvalue weighted by Crippen LogP contribution is 2.22. The van der Waals surface area contributed by atoms with Gasteiger partial charge in [0.25, 0.3) is 0 Å². The first-order valence-corrected chi connectivity index (χ1v) is 8.37. The lowest BCUT2D eigenvalue weighted by Crippen LogP contribution is -2.38. The number of aromatic nitrogens is 2. The van der Waals surface area contributed by atoms with E-state index in [1.165, 1.54) is 0 Å². The predicted octanol–water partition coefficient (Wildman–Crippen LogP) is 3.02. The maximum absolute atomic E-state index is 12.4. The summed E-state index contributed by atoms with van der Waals surface area (Å²) in [5, 5.41) is 5.90. The summed E-state index contributed by atoms with van der Waals surface area (Å²) in [5.41, 5.74) is 1.97. The van der Waals surface area contributed by atoms with E-state index in [0.29, 0.717) is 6.54 Å². The summed E-state index contributed by atoms with van der Waals surface area (Å²) >= 11 is 0. The number of nitrogens with zero attached hydrogens (tertiary/aromatic N) is 2. The van der Waals surface area contributed by atoms with Crippen LogP contribution in [0.2, 0.25) is 0 Å². The number of imidazole rings is 1. The summed E-state index contributed by atoms with van der Waals surface area (Å²) in [7, 11) is 3.53. The van der Waals surface area contributed by atoms with Crippen LogP contribution in [0.5, 0.6) is 5.75 Å². The monoisotopic (exact) mass is 350 g/mol. The maximum Gasteiger partial charge on any atom is 0.315 e. The Balaban J connectivity index is 1.75.